The van der Waals surface area contributed by atoms with Gasteiger partial charge in [0.25, 0.3) is 0 Å². The molecule has 6 rings (SSSR count). The molecule has 4 heteroatoms. The van der Waals surface area contributed by atoms with Gasteiger partial charge in [-0.15, -0.1) is 6.07 Å². The standard InChI is InChI=1S/C27H19N2.B.Y/c1-18(19-9-4-3-5-10-19)17-25-27-23(15-16-28(25)2)22-13-8-12-21-20-11-6-7-14-24(20)29(27)26(21)22;;/h3-9,11-16H,1-2H3;;/q-1;;. The van der Waals surface area contributed by atoms with Crippen molar-refractivity contribution in [3.8, 4) is 0 Å². The Labute approximate surface area is 209 Å². The van der Waals surface area contributed by atoms with E-state index in [1.54, 1.807) is 0 Å². The van der Waals surface area contributed by atoms with Crippen LogP contribution in [-0.2, 0) is 39.8 Å². The van der Waals surface area contributed by atoms with Crippen molar-refractivity contribution < 1.29 is 37.1 Å². The summed E-state index contributed by atoms with van der Waals surface area (Å²) < 4.78 is 4.58. The average molecular weight is 471 g/mol. The summed E-state index contributed by atoms with van der Waals surface area (Å²) in [7, 11) is 2.09. The van der Waals surface area contributed by atoms with Crippen LogP contribution in [0.3, 0.4) is 0 Å². The minimum absolute atomic E-state index is 0. The van der Waals surface area contributed by atoms with Crippen molar-refractivity contribution in [1.29, 1.82) is 0 Å². The molecule has 144 valence electrons. The van der Waals surface area contributed by atoms with E-state index in [4.69, 9.17) is 0 Å². The van der Waals surface area contributed by atoms with Crippen molar-refractivity contribution in [3.63, 3.8) is 0 Å². The molecule has 0 saturated carbocycles. The second-order valence-corrected chi connectivity index (χ2v) is 7.62. The van der Waals surface area contributed by atoms with Crippen molar-refractivity contribution >= 4 is 52.1 Å². The number of benzene rings is 3. The Bertz CT molecular complexity index is 1560. The number of rotatable bonds is 2. The average Bonchev–Trinajstić information content (AvgIpc) is 3.28. The molecule has 2 nitrogen and oxygen atoms in total. The van der Waals surface area contributed by atoms with Crippen LogP contribution in [0.5, 0.6) is 0 Å². The number of allylic oxidation sites excluding steroid dienone is 1. The van der Waals surface area contributed by atoms with E-state index in [0.717, 1.165) is 16.8 Å². The Morgan fingerprint density at radius 1 is 0.839 bits per heavy atom. The Hall–Kier alpha value is -2.48. The third-order valence-corrected chi connectivity index (χ3v) is 5.92. The summed E-state index contributed by atoms with van der Waals surface area (Å²) in [6.45, 7) is 2.11. The summed E-state index contributed by atoms with van der Waals surface area (Å²) in [5, 5.41) is 5.16. The normalized spacial score (nSPS) is 11.9. The summed E-state index contributed by atoms with van der Waals surface area (Å²) in [5.74, 6) is 0. The Kier molecular flexibility index (Phi) is 5.77. The predicted octanol–water partition coefficient (Wildman–Crippen LogP) is 5.33. The molecule has 0 spiro atoms. The maximum absolute atomic E-state index is 3.69. The summed E-state index contributed by atoms with van der Waals surface area (Å²) in [6, 6.07) is 28.9. The molecule has 0 amide bonds. The van der Waals surface area contributed by atoms with Gasteiger partial charge >= 0.3 is 0 Å². The van der Waals surface area contributed by atoms with Crippen LogP contribution < -0.4 is 4.40 Å². The summed E-state index contributed by atoms with van der Waals surface area (Å²) >= 11 is 0. The van der Waals surface area contributed by atoms with E-state index in [2.05, 4.69) is 95.9 Å². The zero-order valence-corrected chi connectivity index (χ0v) is 20.4. The molecule has 0 aliphatic rings. The van der Waals surface area contributed by atoms with Crippen molar-refractivity contribution in [2.75, 3.05) is 0 Å². The zero-order valence-electron chi connectivity index (χ0n) is 17.6. The Morgan fingerprint density at radius 2 is 1.52 bits per heavy atom. The van der Waals surface area contributed by atoms with E-state index < -0.39 is 0 Å². The van der Waals surface area contributed by atoms with Crippen LogP contribution in [0.1, 0.15) is 18.2 Å². The SMILES string of the molecule is CC(=[C-]c1c2c(ccn1C)c1cccc3c4ccccc4[n+]2c31)c1[c-]cccc1.[B].[Y]. The number of hydrogen-bond acceptors (Lipinski definition) is 0. The molecule has 0 unspecified atom stereocenters. The van der Waals surface area contributed by atoms with Gasteiger partial charge in [0, 0.05) is 71.2 Å². The molecule has 0 aliphatic carbocycles. The number of pyridine rings is 1. The fourth-order valence-electron chi connectivity index (χ4n) is 4.57. The summed E-state index contributed by atoms with van der Waals surface area (Å²) in [5.41, 5.74) is 6.98. The first kappa shape index (κ1) is 21.7. The van der Waals surface area contributed by atoms with Crippen molar-refractivity contribution in [2.45, 2.75) is 6.92 Å². The molecule has 31 heavy (non-hydrogen) atoms. The van der Waals surface area contributed by atoms with Crippen LogP contribution in [0.2, 0.25) is 0 Å². The molecular weight excluding hydrogens is 452 g/mol. The van der Waals surface area contributed by atoms with Crippen LogP contribution in [-0.4, -0.2) is 13.0 Å². The van der Waals surface area contributed by atoms with E-state index in [0.29, 0.717) is 0 Å². The van der Waals surface area contributed by atoms with Gasteiger partial charge in [0.1, 0.15) is 5.52 Å². The second-order valence-electron chi connectivity index (χ2n) is 7.62. The van der Waals surface area contributed by atoms with Gasteiger partial charge in [-0.05, 0) is 30.0 Å². The minimum Gasteiger partial charge on any atom is -0.368 e. The van der Waals surface area contributed by atoms with E-state index in [1.165, 1.54) is 38.1 Å². The molecule has 6 aromatic rings. The van der Waals surface area contributed by atoms with Crippen LogP contribution >= 0.6 is 0 Å². The fraction of sp³-hybridized carbons (Fsp3) is 0.0741. The van der Waals surface area contributed by atoms with Gasteiger partial charge < -0.3 is 4.57 Å². The molecule has 0 fully saturated rings. The largest absolute Gasteiger partial charge is 0.368 e. The van der Waals surface area contributed by atoms with Crippen molar-refractivity contribution in [3.05, 3.63) is 102 Å². The van der Waals surface area contributed by atoms with Crippen molar-refractivity contribution in [2.24, 2.45) is 7.05 Å². The van der Waals surface area contributed by atoms with Crippen LogP contribution in [0.15, 0.2) is 79.0 Å². The number of fused-ring (bicyclic) bond motifs is 6. The first-order valence-corrected chi connectivity index (χ1v) is 9.87. The monoisotopic (exact) mass is 471 g/mol. The number of aryl methyl sites for hydroxylation is 1. The van der Waals surface area contributed by atoms with E-state index in [1.807, 2.05) is 18.2 Å². The van der Waals surface area contributed by atoms with E-state index >= 15 is 0 Å². The molecular formula is C27H19BN2Y-. The van der Waals surface area contributed by atoms with E-state index in [9.17, 15) is 0 Å². The molecule has 0 saturated heterocycles. The van der Waals surface area contributed by atoms with Gasteiger partial charge in [0.2, 0.25) is 11.0 Å². The Morgan fingerprint density at radius 3 is 2.29 bits per heavy atom. The zero-order chi connectivity index (χ0) is 19.5. The molecule has 3 aromatic carbocycles. The molecule has 0 N–H and O–H groups in total. The number of hydrogen-bond donors (Lipinski definition) is 0. The van der Waals surface area contributed by atoms with Crippen LogP contribution in [0, 0.1) is 12.1 Å². The third-order valence-electron chi connectivity index (χ3n) is 5.92. The quantitative estimate of drug-likeness (QED) is 0.184. The first-order valence-electron chi connectivity index (χ1n) is 9.87. The van der Waals surface area contributed by atoms with Gasteiger partial charge in [-0.25, -0.2) is 21.6 Å². The molecule has 0 atom stereocenters. The predicted molar refractivity (Wildman–Crippen MR) is 125 cm³/mol. The number of para-hydroxylation sites is 2. The van der Waals surface area contributed by atoms with Crippen molar-refractivity contribution in [1.82, 2.24) is 4.57 Å². The van der Waals surface area contributed by atoms with Gasteiger partial charge in [-0.2, -0.15) is 24.3 Å². The smallest absolute Gasteiger partial charge is 0.215 e. The maximum atomic E-state index is 3.69. The number of nitrogens with zero attached hydrogens (tertiary/aromatic N) is 2. The summed E-state index contributed by atoms with van der Waals surface area (Å²) in [4.78, 5) is 0. The maximum Gasteiger partial charge on any atom is 0.215 e. The molecule has 3 heterocycles. The van der Waals surface area contributed by atoms with Gasteiger partial charge in [-0.3, -0.25) is 0 Å². The molecule has 3 aromatic heterocycles. The molecule has 4 radical (unpaired) electrons. The minimum atomic E-state index is 0. The van der Waals surface area contributed by atoms with Gasteiger partial charge in [-0.1, -0.05) is 25.1 Å². The molecule has 0 bridgehead atoms. The molecule has 0 aliphatic heterocycles. The summed E-state index contributed by atoms with van der Waals surface area (Å²) in [6.07, 6.45) is 5.82. The van der Waals surface area contributed by atoms with Crippen LogP contribution in [0.4, 0.5) is 0 Å². The third kappa shape index (κ3) is 3.14. The topological polar surface area (TPSA) is 9.03 Å². The van der Waals surface area contributed by atoms with E-state index in [-0.39, 0.29) is 41.1 Å². The number of aromatic nitrogens is 2. The first-order chi connectivity index (χ1) is 14.2. The van der Waals surface area contributed by atoms with Crippen LogP contribution in [0.25, 0.3) is 43.7 Å². The van der Waals surface area contributed by atoms with Gasteiger partial charge in [0.05, 0.1) is 10.8 Å². The van der Waals surface area contributed by atoms with Gasteiger partial charge in [0.15, 0.2) is 0 Å². The second kappa shape index (κ2) is 8.22. The Balaban J connectivity index is 0.00000116. The fourth-order valence-corrected chi connectivity index (χ4v) is 4.57.